The summed E-state index contributed by atoms with van der Waals surface area (Å²) < 4.78 is 65.1. The average molecular weight is 437 g/mol. The standard InChI is InChI=1S/C21H17F3O5S/c1-2-13-6-8-14(9-7-13)10-15-4-3-5-16-11-18(20(25)26)19(12-17(15)16)29-30(27,28)21(22,23)24/h3-9,11-12H,2,10H2,1H3,(H,25,26)/p-1. The largest absolute Gasteiger partial charge is 0.545 e. The monoisotopic (exact) mass is 437 g/mol. The zero-order valence-electron chi connectivity index (χ0n) is 15.7. The highest BCUT2D eigenvalue weighted by molar-refractivity contribution is 7.88. The second-order valence-corrected chi connectivity index (χ2v) is 8.14. The summed E-state index contributed by atoms with van der Waals surface area (Å²) in [6, 6.07) is 14.7. The van der Waals surface area contributed by atoms with Crippen LogP contribution in [0.2, 0.25) is 0 Å². The highest BCUT2D eigenvalue weighted by Gasteiger charge is 2.48. The fourth-order valence-electron chi connectivity index (χ4n) is 3.03. The van der Waals surface area contributed by atoms with Gasteiger partial charge < -0.3 is 14.1 Å². The maximum absolute atomic E-state index is 12.7. The molecule has 30 heavy (non-hydrogen) atoms. The highest BCUT2D eigenvalue weighted by atomic mass is 32.2. The molecule has 0 heterocycles. The molecule has 0 N–H and O–H groups in total. The summed E-state index contributed by atoms with van der Waals surface area (Å²) in [6.07, 6.45) is 1.27. The van der Waals surface area contributed by atoms with E-state index < -0.39 is 32.9 Å². The first kappa shape index (κ1) is 21.6. The summed E-state index contributed by atoms with van der Waals surface area (Å²) in [6.45, 7) is 2.02. The molecule has 5 nitrogen and oxygen atoms in total. The Balaban J connectivity index is 2.11. The zero-order valence-corrected chi connectivity index (χ0v) is 16.5. The van der Waals surface area contributed by atoms with Gasteiger partial charge in [-0.05, 0) is 52.4 Å². The topological polar surface area (TPSA) is 83.5 Å². The van der Waals surface area contributed by atoms with Crippen molar-refractivity contribution < 1.29 is 35.7 Å². The van der Waals surface area contributed by atoms with Gasteiger partial charge in [0.1, 0.15) is 0 Å². The Bertz CT molecular complexity index is 1200. The molecule has 0 atom stereocenters. The number of carbonyl (C=O) groups excluding carboxylic acids is 1. The van der Waals surface area contributed by atoms with E-state index in [1.807, 2.05) is 31.2 Å². The molecule has 0 bridgehead atoms. The molecule has 0 amide bonds. The first-order valence-electron chi connectivity index (χ1n) is 8.87. The van der Waals surface area contributed by atoms with Crippen LogP contribution in [-0.2, 0) is 23.0 Å². The lowest BCUT2D eigenvalue weighted by Gasteiger charge is -2.16. The van der Waals surface area contributed by atoms with Crippen molar-refractivity contribution in [2.75, 3.05) is 0 Å². The van der Waals surface area contributed by atoms with Crippen LogP contribution in [0.4, 0.5) is 13.2 Å². The van der Waals surface area contributed by atoms with Crippen LogP contribution in [0.1, 0.15) is 34.0 Å². The van der Waals surface area contributed by atoms with Crippen LogP contribution in [0, 0.1) is 0 Å². The Morgan fingerprint density at radius 3 is 2.23 bits per heavy atom. The predicted molar refractivity (Wildman–Crippen MR) is 103 cm³/mol. The normalized spacial score (nSPS) is 12.1. The number of carboxylic acid groups (broad SMARTS) is 1. The fourth-order valence-corrected chi connectivity index (χ4v) is 3.50. The number of carbonyl (C=O) groups is 1. The number of aryl methyl sites for hydroxylation is 1. The lowest BCUT2D eigenvalue weighted by Crippen LogP contribution is -2.30. The van der Waals surface area contributed by atoms with E-state index in [0.29, 0.717) is 22.8 Å². The highest BCUT2D eigenvalue weighted by Crippen LogP contribution is 2.33. The molecule has 0 fully saturated rings. The molecule has 0 aliphatic rings. The predicted octanol–water partition coefficient (Wildman–Crippen LogP) is 3.58. The minimum Gasteiger partial charge on any atom is -0.545 e. The quantitative estimate of drug-likeness (QED) is 0.435. The Kier molecular flexibility index (Phi) is 5.76. The molecule has 0 radical (unpaired) electrons. The molecule has 158 valence electrons. The van der Waals surface area contributed by atoms with Gasteiger partial charge in [0, 0.05) is 5.56 Å². The molecule has 0 aliphatic carbocycles. The third kappa shape index (κ3) is 4.40. The van der Waals surface area contributed by atoms with Crippen molar-refractivity contribution in [3.05, 3.63) is 76.9 Å². The smallest absolute Gasteiger partial charge is 0.534 e. The first-order chi connectivity index (χ1) is 14.0. The number of halogens is 3. The molecular weight excluding hydrogens is 421 g/mol. The van der Waals surface area contributed by atoms with Gasteiger partial charge in [-0.15, -0.1) is 0 Å². The summed E-state index contributed by atoms with van der Waals surface area (Å²) in [4.78, 5) is 11.4. The second-order valence-electron chi connectivity index (χ2n) is 6.60. The molecule has 3 rings (SSSR count). The molecule has 0 unspecified atom stereocenters. The third-order valence-electron chi connectivity index (χ3n) is 4.60. The number of fused-ring (bicyclic) bond motifs is 1. The van der Waals surface area contributed by atoms with E-state index in [1.165, 1.54) is 0 Å². The second kappa shape index (κ2) is 7.98. The van der Waals surface area contributed by atoms with E-state index in [0.717, 1.165) is 29.7 Å². The van der Waals surface area contributed by atoms with Gasteiger partial charge in [0.2, 0.25) is 0 Å². The van der Waals surface area contributed by atoms with Crippen LogP contribution in [0.3, 0.4) is 0 Å². The summed E-state index contributed by atoms with van der Waals surface area (Å²) in [5.41, 5.74) is -3.76. The molecule has 0 saturated heterocycles. The van der Waals surface area contributed by atoms with Gasteiger partial charge in [-0.1, -0.05) is 49.4 Å². The van der Waals surface area contributed by atoms with E-state index in [-0.39, 0.29) is 0 Å². The Morgan fingerprint density at radius 2 is 1.67 bits per heavy atom. The molecule has 0 aliphatic heterocycles. The minimum absolute atomic E-state index is 0.370. The number of hydrogen-bond donors (Lipinski definition) is 0. The van der Waals surface area contributed by atoms with Crippen molar-refractivity contribution in [2.24, 2.45) is 0 Å². The van der Waals surface area contributed by atoms with E-state index >= 15 is 0 Å². The van der Waals surface area contributed by atoms with Crippen LogP contribution in [0.15, 0.2) is 54.6 Å². The van der Waals surface area contributed by atoms with Crippen LogP contribution >= 0.6 is 0 Å². The summed E-state index contributed by atoms with van der Waals surface area (Å²) in [5.74, 6) is -2.81. The van der Waals surface area contributed by atoms with Gasteiger partial charge in [-0.2, -0.15) is 21.6 Å². The third-order valence-corrected chi connectivity index (χ3v) is 5.57. The van der Waals surface area contributed by atoms with Crippen LogP contribution in [0.5, 0.6) is 5.75 Å². The number of hydrogen-bond acceptors (Lipinski definition) is 5. The maximum Gasteiger partial charge on any atom is 0.534 e. The number of alkyl halides is 3. The van der Waals surface area contributed by atoms with Gasteiger partial charge in [-0.25, -0.2) is 0 Å². The number of aromatic carboxylic acids is 1. The summed E-state index contributed by atoms with van der Waals surface area (Å²) >= 11 is 0. The molecule has 0 spiro atoms. The van der Waals surface area contributed by atoms with E-state index in [2.05, 4.69) is 4.18 Å². The van der Waals surface area contributed by atoms with Crippen molar-refractivity contribution in [2.45, 2.75) is 25.3 Å². The molecule has 9 heteroatoms. The molecule has 0 saturated carbocycles. The van der Waals surface area contributed by atoms with Gasteiger partial charge in [0.15, 0.2) is 5.75 Å². The molecular formula is C21H16F3O5S-. The van der Waals surface area contributed by atoms with Crippen molar-refractivity contribution in [1.29, 1.82) is 0 Å². The molecule has 3 aromatic carbocycles. The SMILES string of the molecule is CCc1ccc(Cc2cccc3cc(C(=O)[O-])c(OS(=O)(=O)C(F)(F)F)cc23)cc1. The maximum atomic E-state index is 12.7. The lowest BCUT2D eigenvalue weighted by atomic mass is 9.96. The van der Waals surface area contributed by atoms with Gasteiger partial charge in [0.25, 0.3) is 0 Å². The molecule has 0 aromatic heterocycles. The van der Waals surface area contributed by atoms with Gasteiger partial charge in [-0.3, -0.25) is 0 Å². The van der Waals surface area contributed by atoms with Crippen LogP contribution in [-0.4, -0.2) is 19.9 Å². The van der Waals surface area contributed by atoms with Gasteiger partial charge >= 0.3 is 15.6 Å². The number of rotatable bonds is 6. The summed E-state index contributed by atoms with van der Waals surface area (Å²) in [7, 11) is -6.05. The Hall–Kier alpha value is -3.07. The number of benzene rings is 3. The van der Waals surface area contributed by atoms with E-state index in [9.17, 15) is 31.5 Å². The zero-order chi connectivity index (χ0) is 22.1. The van der Waals surface area contributed by atoms with E-state index in [4.69, 9.17) is 0 Å². The Morgan fingerprint density at radius 1 is 1.03 bits per heavy atom. The Labute approximate surface area is 170 Å². The first-order valence-corrected chi connectivity index (χ1v) is 10.3. The minimum atomic E-state index is -6.05. The molecule has 3 aromatic rings. The van der Waals surface area contributed by atoms with Crippen LogP contribution in [0.25, 0.3) is 10.8 Å². The van der Waals surface area contributed by atoms with Gasteiger partial charge in [0.05, 0.1) is 5.97 Å². The fraction of sp³-hybridized carbons (Fsp3) is 0.190. The van der Waals surface area contributed by atoms with Crippen molar-refractivity contribution in [3.8, 4) is 5.75 Å². The average Bonchev–Trinajstić information content (AvgIpc) is 2.67. The van der Waals surface area contributed by atoms with Crippen molar-refractivity contribution in [3.63, 3.8) is 0 Å². The lowest BCUT2D eigenvalue weighted by molar-refractivity contribution is -0.255. The van der Waals surface area contributed by atoms with Crippen LogP contribution < -0.4 is 9.29 Å². The van der Waals surface area contributed by atoms with Crippen molar-refractivity contribution in [1.82, 2.24) is 0 Å². The number of carboxylic acids is 1. The van der Waals surface area contributed by atoms with Crippen molar-refractivity contribution >= 4 is 26.9 Å². The van der Waals surface area contributed by atoms with E-state index in [1.54, 1.807) is 18.2 Å². The summed E-state index contributed by atoms with van der Waals surface area (Å²) in [5, 5.41) is 12.1.